The van der Waals surface area contributed by atoms with Crippen molar-refractivity contribution in [2.45, 2.75) is 133 Å². The smallest absolute Gasteiger partial charge is 0.408 e. The average Bonchev–Trinajstić information content (AvgIpc) is 3.90. The van der Waals surface area contributed by atoms with Crippen LogP contribution in [-0.4, -0.2) is 99.3 Å². The molecule has 7 rings (SSSR count). The van der Waals surface area contributed by atoms with E-state index in [0.29, 0.717) is 50.0 Å². The number of carbonyl (C=O) groups is 4. The molecular formula is C41H55N5O9S. The average molecular weight is 794 g/mol. The van der Waals surface area contributed by atoms with Gasteiger partial charge in [0.25, 0.3) is 5.91 Å². The summed E-state index contributed by atoms with van der Waals surface area (Å²) in [6, 6.07) is 3.47. The third kappa shape index (κ3) is 7.31. The highest BCUT2D eigenvalue weighted by Crippen LogP contribution is 2.48. The molecule has 3 N–H and O–H groups in total. The molecule has 4 heterocycles. The Kier molecular flexibility index (Phi) is 10.3. The lowest BCUT2D eigenvalue weighted by Crippen LogP contribution is -2.62. The van der Waals surface area contributed by atoms with Gasteiger partial charge in [0.05, 0.1) is 17.9 Å². The summed E-state index contributed by atoms with van der Waals surface area (Å²) in [5.41, 5.74) is -1.43. The highest BCUT2D eigenvalue weighted by molar-refractivity contribution is 7.91. The molecule has 3 fully saturated rings. The molecule has 15 heteroatoms. The second-order valence-corrected chi connectivity index (χ2v) is 20.0. The minimum absolute atomic E-state index is 0.0220. The van der Waals surface area contributed by atoms with Crippen LogP contribution in [0.2, 0.25) is 0 Å². The van der Waals surface area contributed by atoms with Crippen molar-refractivity contribution in [2.24, 2.45) is 17.8 Å². The fraction of sp³-hybridized carbons (Fsp3) is 0.634. The second kappa shape index (κ2) is 14.5. The molecule has 2 saturated carbocycles. The predicted octanol–water partition coefficient (Wildman–Crippen LogP) is 4.94. The van der Waals surface area contributed by atoms with Crippen LogP contribution in [0, 0.1) is 17.8 Å². The zero-order valence-electron chi connectivity index (χ0n) is 33.2. The number of carboxylic acid groups (broad SMARTS) is 1. The molecular weight excluding hydrogens is 739 g/mol. The Bertz CT molecular complexity index is 2060. The first-order chi connectivity index (χ1) is 26.4. The van der Waals surface area contributed by atoms with E-state index < -0.39 is 73.8 Å². The molecule has 0 unspecified atom stereocenters. The van der Waals surface area contributed by atoms with Gasteiger partial charge in [-0.15, -0.1) is 0 Å². The maximum atomic E-state index is 15.2. The molecule has 0 bridgehead atoms. The number of hydrogen-bond donors (Lipinski definition) is 3. The molecule has 56 heavy (non-hydrogen) atoms. The summed E-state index contributed by atoms with van der Waals surface area (Å²) in [7, 11) is -4.01. The van der Waals surface area contributed by atoms with Crippen LogP contribution < -0.4 is 19.5 Å². The fourth-order valence-corrected chi connectivity index (χ4v) is 10.2. The van der Waals surface area contributed by atoms with Crippen LogP contribution in [0.1, 0.15) is 98.5 Å². The third-order valence-corrected chi connectivity index (χ3v) is 14.8. The van der Waals surface area contributed by atoms with Crippen molar-refractivity contribution in [2.75, 3.05) is 13.2 Å². The number of carbonyl (C=O) groups excluding carboxylic acids is 3. The lowest BCUT2D eigenvalue weighted by atomic mass is 9.82. The number of nitrogens with one attached hydrogen (secondary N) is 2. The molecule has 14 nitrogen and oxygen atoms in total. The molecule has 1 aromatic carbocycles. The van der Waals surface area contributed by atoms with Crippen molar-refractivity contribution in [1.82, 2.24) is 24.8 Å². The molecule has 3 aliphatic heterocycles. The number of sulfonamides is 1. The third-order valence-electron chi connectivity index (χ3n) is 12.6. The molecule has 2 aliphatic carbocycles. The largest absolute Gasteiger partial charge is 0.492 e. The monoisotopic (exact) mass is 793 g/mol. The summed E-state index contributed by atoms with van der Waals surface area (Å²) in [6.45, 7) is 11.4. The van der Waals surface area contributed by atoms with E-state index in [0.717, 1.165) is 29.5 Å². The van der Waals surface area contributed by atoms with Crippen LogP contribution in [0.5, 0.6) is 11.6 Å². The zero-order valence-corrected chi connectivity index (χ0v) is 34.0. The molecule has 4 amide bonds. The maximum Gasteiger partial charge on any atom is 0.408 e. The van der Waals surface area contributed by atoms with Gasteiger partial charge in [-0.25, -0.2) is 18.2 Å². The van der Waals surface area contributed by atoms with Crippen molar-refractivity contribution in [3.63, 3.8) is 0 Å². The number of fused-ring (bicyclic) bond motifs is 5. The summed E-state index contributed by atoms with van der Waals surface area (Å²) in [5, 5.41) is 15.2. The standard InChI is InChI=1S/C41H55N5O9S/c1-7-25-20-24(2)10-8-9-11-27-22-41(27,37(49)44-56(52,53)40(6)16-17-40)43-34(47)31-21-28(23-45(31)36(48)32(25)46(38(50)51)39(3,4)5)55-35-30-13-12-26-15-19-54-33(26)29(30)14-18-42-35/h9,11-14,18,24-25,27-28,31-32H,7-8,10,15-17,19-23H2,1-6H3,(H,43,47)(H,44,49)(H,50,51)/t24-,25-,27-,28-,31+,32+,41-/m1/s1. The normalized spacial score (nSPS) is 30.1. The van der Waals surface area contributed by atoms with Crippen LogP contribution in [-0.2, 0) is 30.8 Å². The molecule has 0 spiro atoms. The number of rotatable bonds is 7. The van der Waals surface area contributed by atoms with Crippen molar-refractivity contribution in [1.29, 1.82) is 0 Å². The minimum atomic E-state index is -4.01. The number of nitrogens with zero attached hydrogens (tertiary/aromatic N) is 3. The highest BCUT2D eigenvalue weighted by Gasteiger charge is 2.63. The molecule has 2 aromatic rings. The van der Waals surface area contributed by atoms with E-state index in [4.69, 9.17) is 9.47 Å². The summed E-state index contributed by atoms with van der Waals surface area (Å²) in [4.78, 5) is 64.1. The number of ether oxygens (including phenoxy) is 2. The van der Waals surface area contributed by atoms with E-state index >= 15 is 4.79 Å². The van der Waals surface area contributed by atoms with Crippen LogP contribution in [0.15, 0.2) is 36.5 Å². The SMILES string of the molecule is CC[C@@H]1C[C@H](C)CCC=C[C@@H]2C[C@@]2(C(=O)NS(=O)(=O)C2(C)CC2)NC(=O)[C@@H]2C[C@@H](Oc3nccc4c5c(ccc34)CCO5)CN2C(=O)[C@H]1N(C(=O)O)C(C)(C)C. The van der Waals surface area contributed by atoms with Gasteiger partial charge in [-0.2, -0.15) is 0 Å². The number of pyridine rings is 1. The topological polar surface area (TPSA) is 185 Å². The summed E-state index contributed by atoms with van der Waals surface area (Å²) in [5.74, 6) is -1.60. The summed E-state index contributed by atoms with van der Waals surface area (Å²) in [6.07, 6.45) is 7.85. The molecule has 1 aromatic heterocycles. The molecule has 5 aliphatic rings. The van der Waals surface area contributed by atoms with Gasteiger partial charge in [-0.3, -0.25) is 24.0 Å². The van der Waals surface area contributed by atoms with Crippen LogP contribution >= 0.6 is 0 Å². The Morgan fingerprint density at radius 1 is 1.16 bits per heavy atom. The van der Waals surface area contributed by atoms with E-state index in [9.17, 15) is 27.9 Å². The van der Waals surface area contributed by atoms with E-state index in [1.165, 1.54) is 9.80 Å². The van der Waals surface area contributed by atoms with E-state index in [1.807, 2.05) is 37.3 Å². The van der Waals surface area contributed by atoms with E-state index in [-0.39, 0.29) is 31.2 Å². The van der Waals surface area contributed by atoms with Gasteiger partial charge in [0.2, 0.25) is 27.7 Å². The summed E-state index contributed by atoms with van der Waals surface area (Å²) < 4.78 is 40.2. The lowest BCUT2D eigenvalue weighted by molar-refractivity contribution is -0.146. The van der Waals surface area contributed by atoms with Gasteiger partial charge < -0.3 is 24.8 Å². The number of benzene rings is 1. The zero-order chi connectivity index (χ0) is 40.4. The van der Waals surface area contributed by atoms with E-state index in [1.54, 1.807) is 33.9 Å². The molecule has 304 valence electrons. The van der Waals surface area contributed by atoms with Gasteiger partial charge in [0.1, 0.15) is 29.5 Å². The van der Waals surface area contributed by atoms with Crippen molar-refractivity contribution in [3.05, 3.63) is 42.1 Å². The van der Waals surface area contributed by atoms with Crippen LogP contribution in [0.3, 0.4) is 0 Å². The number of amides is 4. The van der Waals surface area contributed by atoms with Crippen molar-refractivity contribution in [3.8, 4) is 11.6 Å². The Balaban J connectivity index is 1.28. The lowest BCUT2D eigenvalue weighted by Gasteiger charge is -2.44. The Labute approximate surface area is 328 Å². The van der Waals surface area contributed by atoms with Gasteiger partial charge in [0, 0.05) is 41.3 Å². The second-order valence-electron chi connectivity index (χ2n) is 17.8. The first kappa shape index (κ1) is 39.8. The minimum Gasteiger partial charge on any atom is -0.492 e. The van der Waals surface area contributed by atoms with Crippen LogP contribution in [0.25, 0.3) is 10.8 Å². The predicted molar refractivity (Wildman–Crippen MR) is 208 cm³/mol. The Morgan fingerprint density at radius 2 is 1.91 bits per heavy atom. The van der Waals surface area contributed by atoms with E-state index in [2.05, 4.69) is 21.9 Å². The van der Waals surface area contributed by atoms with Crippen molar-refractivity contribution >= 4 is 44.6 Å². The van der Waals surface area contributed by atoms with Gasteiger partial charge in [-0.1, -0.05) is 38.5 Å². The number of allylic oxidation sites excluding steroid dienone is 1. The number of aromatic nitrogens is 1. The summed E-state index contributed by atoms with van der Waals surface area (Å²) >= 11 is 0. The Hall–Kier alpha value is -4.40. The fourth-order valence-electron chi connectivity index (χ4n) is 8.88. The molecule has 1 saturated heterocycles. The molecule has 0 radical (unpaired) electrons. The van der Waals surface area contributed by atoms with Gasteiger partial charge >= 0.3 is 6.09 Å². The van der Waals surface area contributed by atoms with Crippen molar-refractivity contribution < 1.29 is 42.2 Å². The first-order valence-corrected chi connectivity index (χ1v) is 21.5. The van der Waals surface area contributed by atoms with Gasteiger partial charge in [0.15, 0.2) is 0 Å². The number of hydrogen-bond acceptors (Lipinski definition) is 9. The first-order valence-electron chi connectivity index (χ1n) is 20.0. The van der Waals surface area contributed by atoms with Crippen LogP contribution in [0.4, 0.5) is 4.79 Å². The Morgan fingerprint density at radius 3 is 2.59 bits per heavy atom. The van der Waals surface area contributed by atoms with Gasteiger partial charge in [-0.05, 0) is 95.8 Å². The maximum absolute atomic E-state index is 15.2. The molecule has 7 atom stereocenters. The quantitative estimate of drug-likeness (QED) is 0.325. The highest BCUT2D eigenvalue weighted by atomic mass is 32.2.